The molecule has 0 aliphatic rings. The van der Waals surface area contributed by atoms with Gasteiger partial charge in [0, 0.05) is 36.9 Å². The summed E-state index contributed by atoms with van der Waals surface area (Å²) in [6, 6.07) is 20.3. The summed E-state index contributed by atoms with van der Waals surface area (Å²) in [6.45, 7) is 1.91. The van der Waals surface area contributed by atoms with E-state index in [0.717, 1.165) is 60.6 Å². The van der Waals surface area contributed by atoms with Crippen molar-refractivity contribution in [2.24, 2.45) is 0 Å². The molecule has 0 bridgehead atoms. The molecule has 6 heteroatoms. The quantitative estimate of drug-likeness (QED) is 0.446. The molecule has 6 nitrogen and oxygen atoms in total. The lowest BCUT2D eigenvalue weighted by Gasteiger charge is -2.11. The fourth-order valence-corrected chi connectivity index (χ4v) is 3.11. The van der Waals surface area contributed by atoms with Gasteiger partial charge in [-0.1, -0.05) is 60.7 Å². The first kappa shape index (κ1) is 21.6. The summed E-state index contributed by atoms with van der Waals surface area (Å²) in [7, 11) is 0. The van der Waals surface area contributed by atoms with E-state index in [0.29, 0.717) is 6.61 Å². The van der Waals surface area contributed by atoms with Gasteiger partial charge in [-0.15, -0.1) is 0 Å². The zero-order chi connectivity index (χ0) is 21.0. The van der Waals surface area contributed by atoms with Gasteiger partial charge in [-0.2, -0.15) is 0 Å². The third kappa shape index (κ3) is 6.76. The maximum atomic E-state index is 10.4. The van der Waals surface area contributed by atoms with E-state index in [-0.39, 0.29) is 6.61 Å². The lowest BCUT2D eigenvalue weighted by atomic mass is 10.0. The second-order valence-electron chi connectivity index (χ2n) is 6.94. The summed E-state index contributed by atoms with van der Waals surface area (Å²) in [5.41, 5.74) is 4.85. The standard InChI is InChI=1S/C24H27N3O3/c28-22(29)18-30-16-8-7-14-25-15-13-21-17-26-23(19-9-3-1-4-10-19)24(27-21)20-11-5-2-6-12-20/h1-6,9-12,17,25H,7-8,13-16,18H2,(H,28,29). The maximum absolute atomic E-state index is 10.4. The second kappa shape index (κ2) is 11.8. The highest BCUT2D eigenvalue weighted by molar-refractivity contribution is 5.77. The van der Waals surface area contributed by atoms with E-state index in [1.54, 1.807) is 0 Å². The van der Waals surface area contributed by atoms with E-state index in [1.807, 2.05) is 42.6 Å². The lowest BCUT2D eigenvalue weighted by molar-refractivity contribution is -0.142. The molecule has 0 aliphatic carbocycles. The molecule has 156 valence electrons. The Labute approximate surface area is 177 Å². The number of nitrogens with one attached hydrogen (secondary N) is 1. The van der Waals surface area contributed by atoms with Crippen LogP contribution in [0.1, 0.15) is 18.5 Å². The number of unbranched alkanes of at least 4 members (excludes halogenated alkanes) is 1. The highest BCUT2D eigenvalue weighted by Gasteiger charge is 2.11. The number of hydrogen-bond acceptors (Lipinski definition) is 5. The van der Waals surface area contributed by atoms with Crippen LogP contribution in [0.4, 0.5) is 0 Å². The molecular formula is C24H27N3O3. The molecule has 0 aliphatic heterocycles. The molecule has 0 atom stereocenters. The van der Waals surface area contributed by atoms with Crippen molar-refractivity contribution in [3.05, 3.63) is 72.6 Å². The Morgan fingerprint density at radius 2 is 1.57 bits per heavy atom. The minimum atomic E-state index is -0.928. The van der Waals surface area contributed by atoms with Crippen LogP contribution >= 0.6 is 0 Å². The highest BCUT2D eigenvalue weighted by Crippen LogP contribution is 2.28. The van der Waals surface area contributed by atoms with Crippen LogP contribution in [0.5, 0.6) is 0 Å². The normalized spacial score (nSPS) is 10.8. The Morgan fingerprint density at radius 3 is 2.23 bits per heavy atom. The van der Waals surface area contributed by atoms with Crippen molar-refractivity contribution in [1.29, 1.82) is 0 Å². The number of carboxylic acid groups (broad SMARTS) is 1. The highest BCUT2D eigenvalue weighted by atomic mass is 16.5. The minimum absolute atomic E-state index is 0.227. The largest absolute Gasteiger partial charge is 0.480 e. The zero-order valence-electron chi connectivity index (χ0n) is 17.0. The summed E-state index contributed by atoms with van der Waals surface area (Å²) in [5, 5.41) is 11.9. The summed E-state index contributed by atoms with van der Waals surface area (Å²) in [5.74, 6) is -0.928. The first-order valence-corrected chi connectivity index (χ1v) is 10.2. The van der Waals surface area contributed by atoms with Crippen LogP contribution in [0.3, 0.4) is 0 Å². The molecule has 0 radical (unpaired) electrons. The van der Waals surface area contributed by atoms with Gasteiger partial charge in [0.15, 0.2) is 0 Å². The molecule has 0 saturated heterocycles. The fourth-order valence-electron chi connectivity index (χ4n) is 3.11. The number of aliphatic carboxylic acids is 1. The van der Waals surface area contributed by atoms with E-state index < -0.39 is 5.97 Å². The topological polar surface area (TPSA) is 84.3 Å². The SMILES string of the molecule is O=C(O)COCCCCNCCc1cnc(-c2ccccc2)c(-c2ccccc2)n1. The number of ether oxygens (including phenoxy) is 1. The van der Waals surface area contributed by atoms with Gasteiger partial charge in [0.05, 0.1) is 17.1 Å². The van der Waals surface area contributed by atoms with Gasteiger partial charge in [0.2, 0.25) is 0 Å². The molecule has 1 heterocycles. The third-order valence-electron chi connectivity index (χ3n) is 4.59. The minimum Gasteiger partial charge on any atom is -0.480 e. The van der Waals surface area contributed by atoms with Crippen molar-refractivity contribution in [2.75, 3.05) is 26.3 Å². The van der Waals surface area contributed by atoms with Crippen LogP contribution in [0, 0.1) is 0 Å². The summed E-state index contributed by atoms with van der Waals surface area (Å²) >= 11 is 0. The average molecular weight is 405 g/mol. The van der Waals surface area contributed by atoms with E-state index in [4.69, 9.17) is 19.8 Å². The molecule has 3 rings (SSSR count). The number of carboxylic acids is 1. The zero-order valence-corrected chi connectivity index (χ0v) is 17.0. The molecule has 0 saturated carbocycles. The van der Waals surface area contributed by atoms with E-state index in [2.05, 4.69) is 29.6 Å². The lowest BCUT2D eigenvalue weighted by Crippen LogP contribution is -2.19. The van der Waals surface area contributed by atoms with Crippen molar-refractivity contribution in [3.8, 4) is 22.5 Å². The van der Waals surface area contributed by atoms with Crippen LogP contribution in [-0.4, -0.2) is 47.3 Å². The molecule has 0 fully saturated rings. The molecule has 0 amide bonds. The number of benzene rings is 2. The first-order valence-electron chi connectivity index (χ1n) is 10.2. The predicted molar refractivity (Wildman–Crippen MR) is 117 cm³/mol. The van der Waals surface area contributed by atoms with Gasteiger partial charge in [0.25, 0.3) is 0 Å². The molecule has 0 spiro atoms. The Bertz CT molecular complexity index is 917. The molecule has 3 aromatic rings. The Balaban J connectivity index is 1.56. The molecule has 30 heavy (non-hydrogen) atoms. The van der Waals surface area contributed by atoms with Gasteiger partial charge >= 0.3 is 5.97 Å². The summed E-state index contributed by atoms with van der Waals surface area (Å²) in [6.07, 6.45) is 4.42. The second-order valence-corrected chi connectivity index (χ2v) is 6.94. The summed E-state index contributed by atoms with van der Waals surface area (Å²) in [4.78, 5) is 20.0. The van der Waals surface area contributed by atoms with Crippen molar-refractivity contribution >= 4 is 5.97 Å². The average Bonchev–Trinajstić information content (AvgIpc) is 2.79. The molecule has 2 N–H and O–H groups in total. The number of hydrogen-bond donors (Lipinski definition) is 2. The van der Waals surface area contributed by atoms with Gasteiger partial charge < -0.3 is 15.2 Å². The van der Waals surface area contributed by atoms with E-state index >= 15 is 0 Å². The van der Waals surface area contributed by atoms with Crippen LogP contribution < -0.4 is 5.32 Å². The van der Waals surface area contributed by atoms with Crippen LogP contribution in [0.2, 0.25) is 0 Å². The van der Waals surface area contributed by atoms with Crippen LogP contribution in [0.15, 0.2) is 66.9 Å². The number of aromatic nitrogens is 2. The van der Waals surface area contributed by atoms with Gasteiger partial charge in [-0.05, 0) is 19.4 Å². The Morgan fingerprint density at radius 1 is 0.900 bits per heavy atom. The number of carbonyl (C=O) groups is 1. The van der Waals surface area contributed by atoms with Crippen molar-refractivity contribution in [2.45, 2.75) is 19.3 Å². The van der Waals surface area contributed by atoms with Crippen molar-refractivity contribution in [1.82, 2.24) is 15.3 Å². The van der Waals surface area contributed by atoms with Crippen LogP contribution in [-0.2, 0) is 16.0 Å². The molecule has 2 aromatic carbocycles. The Hall–Kier alpha value is -3.09. The monoisotopic (exact) mass is 405 g/mol. The van der Waals surface area contributed by atoms with Gasteiger partial charge in [-0.25, -0.2) is 9.78 Å². The van der Waals surface area contributed by atoms with Crippen molar-refractivity contribution < 1.29 is 14.6 Å². The summed E-state index contributed by atoms with van der Waals surface area (Å²) < 4.78 is 5.03. The molecule has 0 unspecified atom stereocenters. The third-order valence-corrected chi connectivity index (χ3v) is 4.59. The first-order chi connectivity index (χ1) is 14.7. The predicted octanol–water partition coefficient (Wildman–Crippen LogP) is 3.82. The maximum Gasteiger partial charge on any atom is 0.329 e. The number of nitrogens with zero attached hydrogens (tertiary/aromatic N) is 2. The van der Waals surface area contributed by atoms with Crippen molar-refractivity contribution in [3.63, 3.8) is 0 Å². The van der Waals surface area contributed by atoms with Gasteiger partial charge in [0.1, 0.15) is 6.61 Å². The van der Waals surface area contributed by atoms with Crippen LogP contribution in [0.25, 0.3) is 22.5 Å². The fraction of sp³-hybridized carbons (Fsp3) is 0.292. The molecular weight excluding hydrogens is 378 g/mol. The smallest absolute Gasteiger partial charge is 0.329 e. The van der Waals surface area contributed by atoms with Gasteiger partial charge in [-0.3, -0.25) is 4.98 Å². The Kier molecular flexibility index (Phi) is 8.50. The van der Waals surface area contributed by atoms with E-state index in [9.17, 15) is 4.79 Å². The van der Waals surface area contributed by atoms with E-state index in [1.165, 1.54) is 0 Å². The molecule has 1 aromatic heterocycles. The number of rotatable bonds is 12.